The number of anilines is 1. The van der Waals surface area contributed by atoms with E-state index < -0.39 is 23.6 Å². The standard InChI is InChI=1S/C20H11Cl2F3N2O4/c21-14-7-13(18(28)27-11-3-6-16(19(29)30)26-9-11)17(8-15(14)22)31-12-4-1-10(2-5-12)20(23,24)25/h1-9H,(H,27,28)(H,29,30). The molecule has 0 aliphatic heterocycles. The number of carboxylic acids is 1. The monoisotopic (exact) mass is 470 g/mol. The predicted octanol–water partition coefficient (Wildman–Crippen LogP) is 6.15. The van der Waals surface area contributed by atoms with Crippen LogP contribution < -0.4 is 10.1 Å². The first kappa shape index (κ1) is 22.4. The van der Waals surface area contributed by atoms with Crippen LogP contribution in [0.5, 0.6) is 11.5 Å². The largest absolute Gasteiger partial charge is 0.477 e. The van der Waals surface area contributed by atoms with E-state index in [1.54, 1.807) is 0 Å². The highest BCUT2D eigenvalue weighted by atomic mass is 35.5. The van der Waals surface area contributed by atoms with E-state index in [-0.39, 0.29) is 38.5 Å². The molecule has 1 heterocycles. The Bertz CT molecular complexity index is 1130. The number of alkyl halides is 3. The van der Waals surface area contributed by atoms with Crippen molar-refractivity contribution in [2.75, 3.05) is 5.32 Å². The van der Waals surface area contributed by atoms with Gasteiger partial charge in [-0.25, -0.2) is 9.78 Å². The van der Waals surface area contributed by atoms with E-state index in [2.05, 4.69) is 10.3 Å². The van der Waals surface area contributed by atoms with Crippen molar-refractivity contribution < 1.29 is 32.6 Å². The summed E-state index contributed by atoms with van der Waals surface area (Å²) in [6, 6.07) is 8.89. The first-order valence-electron chi connectivity index (χ1n) is 8.39. The number of benzene rings is 2. The SMILES string of the molecule is O=C(O)c1ccc(NC(=O)c2cc(Cl)c(Cl)cc2Oc2ccc(C(F)(F)F)cc2)cn1. The zero-order valence-electron chi connectivity index (χ0n) is 15.2. The van der Waals surface area contributed by atoms with Gasteiger partial charge in [0.05, 0.1) is 33.1 Å². The molecule has 0 radical (unpaired) electrons. The number of amides is 1. The van der Waals surface area contributed by atoms with Gasteiger partial charge in [-0.05, 0) is 42.5 Å². The molecule has 0 fully saturated rings. The molecular formula is C20H11Cl2F3N2O4. The molecule has 160 valence electrons. The Morgan fingerprint density at radius 1 is 1.00 bits per heavy atom. The van der Waals surface area contributed by atoms with Crippen molar-refractivity contribution >= 4 is 40.8 Å². The van der Waals surface area contributed by atoms with Gasteiger partial charge in [0.15, 0.2) is 0 Å². The highest BCUT2D eigenvalue weighted by Crippen LogP contribution is 2.35. The number of rotatable bonds is 5. The normalized spacial score (nSPS) is 11.1. The summed E-state index contributed by atoms with van der Waals surface area (Å²) in [7, 11) is 0. The Labute approximate surface area is 183 Å². The Morgan fingerprint density at radius 2 is 1.65 bits per heavy atom. The molecule has 0 saturated carbocycles. The summed E-state index contributed by atoms with van der Waals surface area (Å²) in [6.07, 6.45) is -3.35. The fourth-order valence-electron chi connectivity index (χ4n) is 2.42. The number of carboxylic acid groups (broad SMARTS) is 1. The highest BCUT2D eigenvalue weighted by Gasteiger charge is 2.30. The van der Waals surface area contributed by atoms with Gasteiger partial charge in [-0.1, -0.05) is 23.2 Å². The van der Waals surface area contributed by atoms with Gasteiger partial charge in [-0.2, -0.15) is 13.2 Å². The van der Waals surface area contributed by atoms with Crippen LogP contribution in [-0.2, 0) is 6.18 Å². The fourth-order valence-corrected chi connectivity index (χ4v) is 2.74. The molecule has 0 aliphatic carbocycles. The van der Waals surface area contributed by atoms with Gasteiger partial charge < -0.3 is 15.2 Å². The van der Waals surface area contributed by atoms with Gasteiger partial charge >= 0.3 is 12.1 Å². The van der Waals surface area contributed by atoms with Crippen molar-refractivity contribution in [3.05, 3.63) is 81.6 Å². The quantitative estimate of drug-likeness (QED) is 0.466. The van der Waals surface area contributed by atoms with Gasteiger partial charge in [-0.15, -0.1) is 0 Å². The molecule has 0 bridgehead atoms. The minimum absolute atomic E-state index is 0.0351. The van der Waals surface area contributed by atoms with Crippen LogP contribution in [-0.4, -0.2) is 22.0 Å². The molecule has 0 aliphatic rings. The van der Waals surface area contributed by atoms with E-state index in [4.69, 9.17) is 33.0 Å². The molecule has 11 heteroatoms. The molecule has 2 N–H and O–H groups in total. The zero-order valence-corrected chi connectivity index (χ0v) is 16.7. The maximum atomic E-state index is 12.7. The second kappa shape index (κ2) is 8.83. The predicted molar refractivity (Wildman–Crippen MR) is 107 cm³/mol. The lowest BCUT2D eigenvalue weighted by molar-refractivity contribution is -0.137. The Morgan fingerprint density at radius 3 is 2.19 bits per heavy atom. The third-order valence-corrected chi connectivity index (χ3v) is 4.64. The molecular weight excluding hydrogens is 460 g/mol. The molecule has 2 aromatic carbocycles. The van der Waals surface area contributed by atoms with E-state index >= 15 is 0 Å². The second-order valence-electron chi connectivity index (χ2n) is 6.08. The summed E-state index contributed by atoms with van der Waals surface area (Å²) < 4.78 is 43.7. The number of aromatic carboxylic acids is 1. The number of carbonyl (C=O) groups excluding carboxylic acids is 1. The topological polar surface area (TPSA) is 88.5 Å². The maximum absolute atomic E-state index is 12.7. The van der Waals surface area contributed by atoms with Crippen LogP contribution in [0, 0.1) is 0 Å². The van der Waals surface area contributed by atoms with Gasteiger partial charge in [0.25, 0.3) is 5.91 Å². The second-order valence-corrected chi connectivity index (χ2v) is 6.89. The summed E-state index contributed by atoms with van der Waals surface area (Å²) >= 11 is 12.0. The average molecular weight is 471 g/mol. The molecule has 0 spiro atoms. The van der Waals surface area contributed by atoms with E-state index in [0.29, 0.717) is 0 Å². The lowest BCUT2D eigenvalue weighted by atomic mass is 10.1. The Hall–Kier alpha value is -3.30. The van der Waals surface area contributed by atoms with Gasteiger partial charge in [0, 0.05) is 6.07 Å². The van der Waals surface area contributed by atoms with Crippen molar-refractivity contribution in [3.63, 3.8) is 0 Å². The number of nitrogens with one attached hydrogen (secondary N) is 1. The number of ether oxygens (including phenoxy) is 1. The Kier molecular flexibility index (Phi) is 6.37. The lowest BCUT2D eigenvalue weighted by Gasteiger charge is -2.14. The number of hydrogen-bond donors (Lipinski definition) is 2. The van der Waals surface area contributed by atoms with Crippen LogP contribution in [0.1, 0.15) is 26.4 Å². The minimum atomic E-state index is -4.50. The van der Waals surface area contributed by atoms with Crippen molar-refractivity contribution in [3.8, 4) is 11.5 Å². The third-order valence-electron chi connectivity index (χ3n) is 3.92. The molecule has 0 atom stereocenters. The lowest BCUT2D eigenvalue weighted by Crippen LogP contribution is -2.14. The van der Waals surface area contributed by atoms with Gasteiger partial charge in [0.2, 0.25) is 0 Å². The molecule has 6 nitrogen and oxygen atoms in total. The van der Waals surface area contributed by atoms with E-state index in [1.807, 2.05) is 0 Å². The number of pyridine rings is 1. The van der Waals surface area contributed by atoms with Crippen LogP contribution >= 0.6 is 23.2 Å². The first-order valence-corrected chi connectivity index (χ1v) is 9.15. The van der Waals surface area contributed by atoms with Crippen molar-refractivity contribution in [2.45, 2.75) is 6.18 Å². The van der Waals surface area contributed by atoms with Crippen molar-refractivity contribution in [2.24, 2.45) is 0 Å². The summed E-state index contributed by atoms with van der Waals surface area (Å²) in [5.74, 6) is -1.94. The third kappa shape index (κ3) is 5.44. The molecule has 0 saturated heterocycles. The smallest absolute Gasteiger partial charge is 0.416 e. The van der Waals surface area contributed by atoms with E-state index in [0.717, 1.165) is 30.5 Å². The van der Waals surface area contributed by atoms with Crippen LogP contribution in [0.25, 0.3) is 0 Å². The van der Waals surface area contributed by atoms with Crippen molar-refractivity contribution in [1.29, 1.82) is 0 Å². The van der Waals surface area contributed by atoms with Crippen LogP contribution in [0.15, 0.2) is 54.7 Å². The molecule has 3 rings (SSSR count). The number of hydrogen-bond acceptors (Lipinski definition) is 4. The molecule has 31 heavy (non-hydrogen) atoms. The van der Waals surface area contributed by atoms with Gasteiger partial charge in [-0.3, -0.25) is 4.79 Å². The molecule has 1 amide bonds. The minimum Gasteiger partial charge on any atom is -0.477 e. The van der Waals surface area contributed by atoms with Gasteiger partial charge in [0.1, 0.15) is 17.2 Å². The maximum Gasteiger partial charge on any atom is 0.416 e. The Balaban J connectivity index is 1.87. The van der Waals surface area contributed by atoms with Crippen LogP contribution in [0.3, 0.4) is 0 Å². The summed E-state index contributed by atoms with van der Waals surface area (Å²) in [6.45, 7) is 0. The number of aromatic nitrogens is 1. The molecule has 3 aromatic rings. The van der Waals surface area contributed by atoms with E-state index in [9.17, 15) is 22.8 Å². The highest BCUT2D eigenvalue weighted by molar-refractivity contribution is 6.42. The zero-order chi connectivity index (χ0) is 22.8. The number of carbonyl (C=O) groups is 2. The summed E-state index contributed by atoms with van der Waals surface area (Å²) in [5.41, 5.74) is -0.929. The average Bonchev–Trinajstić information content (AvgIpc) is 2.70. The first-order chi connectivity index (χ1) is 14.5. The van der Waals surface area contributed by atoms with E-state index in [1.165, 1.54) is 24.3 Å². The van der Waals surface area contributed by atoms with Crippen molar-refractivity contribution in [1.82, 2.24) is 4.98 Å². The van der Waals surface area contributed by atoms with Crippen LogP contribution in [0.4, 0.5) is 18.9 Å². The summed E-state index contributed by atoms with van der Waals surface area (Å²) in [4.78, 5) is 27.3. The summed E-state index contributed by atoms with van der Waals surface area (Å²) in [5, 5.41) is 11.5. The number of nitrogens with zero attached hydrogens (tertiary/aromatic N) is 1. The van der Waals surface area contributed by atoms with Crippen LogP contribution in [0.2, 0.25) is 10.0 Å². The molecule has 0 unspecified atom stereocenters. The molecule has 1 aromatic heterocycles. The fraction of sp³-hybridized carbons (Fsp3) is 0.0500. The number of halogens is 5.